The highest BCUT2D eigenvalue weighted by molar-refractivity contribution is 7.14. The second-order valence-electron chi connectivity index (χ2n) is 17.4. The van der Waals surface area contributed by atoms with Crippen LogP contribution in [0.2, 0.25) is 0 Å². The lowest BCUT2D eigenvalue weighted by Gasteiger charge is -2.35. The maximum atomic E-state index is 14.7. The molecule has 1 aliphatic heterocycles. The molecule has 0 bridgehead atoms. The Morgan fingerprint density at radius 1 is 1.05 bits per heavy atom. The van der Waals surface area contributed by atoms with E-state index in [0.717, 1.165) is 19.3 Å². The Morgan fingerprint density at radius 2 is 1.80 bits per heavy atom. The number of carboxylic acids is 1. The quantitative estimate of drug-likeness (QED) is 0.115. The van der Waals surface area contributed by atoms with E-state index in [1.165, 1.54) is 29.4 Å². The first kappa shape index (κ1) is 41.7. The molecule has 3 aliphatic carbocycles. The van der Waals surface area contributed by atoms with E-state index in [-0.39, 0.29) is 38.1 Å². The van der Waals surface area contributed by atoms with Crippen molar-refractivity contribution in [3.63, 3.8) is 0 Å². The Labute approximate surface area is 346 Å². The lowest BCUT2D eigenvalue weighted by atomic mass is 9.85. The number of carboxylic acid groups (broad SMARTS) is 1. The molecular weight excluding hydrogens is 781 g/mol. The summed E-state index contributed by atoms with van der Waals surface area (Å²) in [5, 5.41) is 22.1. The van der Waals surface area contributed by atoms with Crippen molar-refractivity contribution < 1.29 is 48.0 Å². The van der Waals surface area contributed by atoms with Gasteiger partial charge in [0.1, 0.15) is 47.0 Å². The van der Waals surface area contributed by atoms with Gasteiger partial charge in [0.05, 0.1) is 24.9 Å². The first-order valence-corrected chi connectivity index (χ1v) is 20.8. The van der Waals surface area contributed by atoms with Crippen LogP contribution >= 0.6 is 11.3 Å². The van der Waals surface area contributed by atoms with Crippen LogP contribution in [0.4, 0.5) is 9.93 Å². The molecule has 1 saturated heterocycles. The minimum absolute atomic E-state index is 0.0107. The minimum Gasteiger partial charge on any atom is -0.488 e. The number of pyridine rings is 1. The van der Waals surface area contributed by atoms with Crippen molar-refractivity contribution >= 4 is 57.2 Å². The molecule has 7 rings (SSSR count). The summed E-state index contributed by atoms with van der Waals surface area (Å²) in [5.74, 6) is -1.49. The summed E-state index contributed by atoms with van der Waals surface area (Å²) in [7, 11) is 1.27. The van der Waals surface area contributed by atoms with Gasteiger partial charge in [-0.2, -0.15) is 0 Å². The number of nitrogens with zero attached hydrogens (tertiary/aromatic N) is 3. The summed E-state index contributed by atoms with van der Waals surface area (Å²) < 4.78 is 22.8. The number of methoxy groups -OCH3 is 1. The van der Waals surface area contributed by atoms with Gasteiger partial charge >= 0.3 is 18.0 Å². The third-order valence-electron chi connectivity index (χ3n) is 11.5. The van der Waals surface area contributed by atoms with Gasteiger partial charge in [-0.05, 0) is 68.9 Å². The molecule has 4 fully saturated rings. The summed E-state index contributed by atoms with van der Waals surface area (Å²) in [6, 6.07) is 4.72. The predicted molar refractivity (Wildman–Crippen MR) is 218 cm³/mol. The largest absolute Gasteiger partial charge is 0.488 e. The molecule has 17 heteroatoms. The van der Waals surface area contributed by atoms with Crippen LogP contribution in [-0.4, -0.2) is 106 Å². The highest BCUT2D eigenvalue weighted by Crippen LogP contribution is 2.52. The maximum Gasteiger partial charge on any atom is 0.408 e. The van der Waals surface area contributed by atoms with Gasteiger partial charge in [0.2, 0.25) is 11.8 Å². The van der Waals surface area contributed by atoms with E-state index in [2.05, 4.69) is 22.5 Å². The minimum atomic E-state index is -1.54. The number of ether oxygens (including phenoxy) is 4. The van der Waals surface area contributed by atoms with Crippen LogP contribution in [0.25, 0.3) is 22.3 Å². The first-order chi connectivity index (χ1) is 28.0. The molecule has 4 aliphatic rings. The second-order valence-corrected chi connectivity index (χ2v) is 18.2. The number of aromatic nitrogens is 2. The van der Waals surface area contributed by atoms with Crippen molar-refractivity contribution in [2.45, 2.75) is 103 Å². The molecule has 1 aromatic carbocycles. The average Bonchev–Trinajstić information content (AvgIpc) is 3.85. The molecule has 4 N–H and O–H groups in total. The van der Waals surface area contributed by atoms with Crippen molar-refractivity contribution in [1.82, 2.24) is 25.5 Å². The third kappa shape index (κ3) is 9.09. The van der Waals surface area contributed by atoms with Gasteiger partial charge in [0, 0.05) is 41.3 Å². The molecule has 16 nitrogen and oxygen atoms in total. The fourth-order valence-corrected chi connectivity index (χ4v) is 9.00. The summed E-state index contributed by atoms with van der Waals surface area (Å²) >= 11 is 1.42. The van der Waals surface area contributed by atoms with Crippen LogP contribution in [0.5, 0.6) is 11.5 Å². The molecule has 3 saturated carbocycles. The Morgan fingerprint density at radius 3 is 2.44 bits per heavy atom. The number of hydrogen-bond donors (Lipinski definition) is 4. The highest BCUT2D eigenvalue weighted by atomic mass is 32.1. The van der Waals surface area contributed by atoms with E-state index < -0.39 is 64.9 Å². The van der Waals surface area contributed by atoms with E-state index in [9.17, 15) is 29.1 Å². The fourth-order valence-electron chi connectivity index (χ4n) is 8.15. The van der Waals surface area contributed by atoms with E-state index in [0.29, 0.717) is 50.8 Å². The van der Waals surface area contributed by atoms with Gasteiger partial charge in [0.25, 0.3) is 0 Å². The number of alkyl carbamates (subject to hydrolysis) is 1. The summed E-state index contributed by atoms with van der Waals surface area (Å²) in [6.45, 7) is 12.8. The number of esters is 1. The van der Waals surface area contributed by atoms with Crippen LogP contribution < -0.4 is 25.4 Å². The standard InChI is InChI=1S/C42H52N6O10S/c1-8-24-17-42(24,38(52)53)47-36(50)32-15-27(18-48(32)37(51)35(41(4,5)6)46-40(54)58-26-12-22-11-23(22)13-26)57-33-16-30(31-20-59-39(45-31)43-21(2)3)44-29-14-25(9-10-28(29)33)56-19-34(49)55-7/h8-10,14,16,20-24,26-27,32,35H,1,11-13,15,17-19H2,2-7H3,(H,43,45)(H,46,54)(H,47,50)(H,52,53)/t22-,23+,24?,26?,27-,32+,35-,42-/m1/s1. The fraction of sp³-hybridized carbons (Fsp3) is 0.548. The summed E-state index contributed by atoms with van der Waals surface area (Å²) in [5.41, 5.74) is -0.822. The zero-order valence-electron chi connectivity index (χ0n) is 34.1. The molecule has 2 unspecified atom stereocenters. The van der Waals surface area contributed by atoms with Crippen molar-refractivity contribution in [3.8, 4) is 22.9 Å². The number of aliphatic carboxylic acids is 1. The number of hydrogen-bond acceptors (Lipinski definition) is 13. The molecule has 0 radical (unpaired) electrons. The molecule has 0 spiro atoms. The third-order valence-corrected chi connectivity index (χ3v) is 12.3. The number of likely N-dealkylation sites (tertiary alicyclic amines) is 1. The number of benzene rings is 1. The number of carbonyl (C=O) groups is 5. The number of rotatable bonds is 15. The molecule has 3 amide bonds. The molecule has 3 heterocycles. The summed E-state index contributed by atoms with van der Waals surface area (Å²) in [6.07, 6.45) is 2.78. The van der Waals surface area contributed by atoms with Gasteiger partial charge in [-0.3, -0.25) is 9.59 Å². The first-order valence-electron chi connectivity index (χ1n) is 20.0. The Bertz CT molecular complexity index is 2140. The van der Waals surface area contributed by atoms with Crippen LogP contribution in [-0.2, 0) is 28.7 Å². The van der Waals surface area contributed by atoms with Gasteiger partial charge in [-0.25, -0.2) is 24.4 Å². The Kier molecular flexibility index (Phi) is 11.5. The molecule has 316 valence electrons. The van der Waals surface area contributed by atoms with Crippen LogP contribution in [0.15, 0.2) is 42.3 Å². The Balaban J connectivity index is 1.19. The Hall–Kier alpha value is -5.45. The number of amides is 3. The van der Waals surface area contributed by atoms with Crippen LogP contribution in [0.3, 0.4) is 0 Å². The van der Waals surface area contributed by atoms with Gasteiger partial charge in [0.15, 0.2) is 11.7 Å². The van der Waals surface area contributed by atoms with E-state index in [1.807, 2.05) is 40.0 Å². The SMILES string of the molecule is C=CC1C[C@]1(NC(=O)[C@@H]1C[C@@H](Oc2cc(-c3csc(NC(C)C)n3)nc3cc(OCC(=O)OC)ccc23)CN1C(=O)[C@@H](NC(=O)OC1C[C@@H]2C[C@@H]2C1)C(C)(C)C)C(=O)O. The monoisotopic (exact) mass is 832 g/mol. The van der Waals surface area contributed by atoms with Gasteiger partial charge < -0.3 is 44.9 Å². The van der Waals surface area contributed by atoms with Crippen molar-refractivity contribution in [2.75, 3.05) is 25.6 Å². The maximum absolute atomic E-state index is 14.7. The zero-order chi connectivity index (χ0) is 42.4. The van der Waals surface area contributed by atoms with Gasteiger partial charge in [-0.1, -0.05) is 26.8 Å². The summed E-state index contributed by atoms with van der Waals surface area (Å²) in [4.78, 5) is 77.4. The molecule has 59 heavy (non-hydrogen) atoms. The topological polar surface area (TPSA) is 208 Å². The number of nitrogens with one attached hydrogen (secondary N) is 3. The van der Waals surface area contributed by atoms with E-state index in [1.54, 1.807) is 24.3 Å². The highest BCUT2D eigenvalue weighted by Gasteiger charge is 2.61. The van der Waals surface area contributed by atoms with Crippen molar-refractivity contribution in [2.24, 2.45) is 23.2 Å². The number of anilines is 1. The molecule has 2 aromatic heterocycles. The molecular formula is C42H52N6O10S. The van der Waals surface area contributed by atoms with Crippen LogP contribution in [0, 0.1) is 23.2 Å². The zero-order valence-corrected chi connectivity index (χ0v) is 34.9. The lowest BCUT2D eigenvalue weighted by molar-refractivity contribution is -0.146. The van der Waals surface area contributed by atoms with E-state index in [4.69, 9.17) is 28.9 Å². The normalized spacial score (nSPS) is 26.1. The smallest absolute Gasteiger partial charge is 0.408 e. The number of carbonyl (C=O) groups excluding carboxylic acids is 4. The van der Waals surface area contributed by atoms with Crippen LogP contribution in [0.1, 0.15) is 66.7 Å². The number of fused-ring (bicyclic) bond motifs is 2. The molecule has 3 aromatic rings. The average molecular weight is 833 g/mol. The predicted octanol–water partition coefficient (Wildman–Crippen LogP) is 5.16. The molecule has 8 atom stereocenters. The van der Waals surface area contributed by atoms with Gasteiger partial charge in [-0.15, -0.1) is 17.9 Å². The second kappa shape index (κ2) is 16.3. The lowest BCUT2D eigenvalue weighted by Crippen LogP contribution is -2.59. The van der Waals surface area contributed by atoms with Crippen molar-refractivity contribution in [1.29, 1.82) is 0 Å². The van der Waals surface area contributed by atoms with E-state index >= 15 is 0 Å². The number of thiazole rings is 1. The van der Waals surface area contributed by atoms with Crippen molar-refractivity contribution in [3.05, 3.63) is 42.3 Å².